The molecular weight excluding hydrogens is 195 g/mol. The van der Waals surface area contributed by atoms with Crippen LogP contribution in [0.25, 0.3) is 11.3 Å². The second kappa shape index (κ2) is 3.57. The van der Waals surface area contributed by atoms with Gasteiger partial charge in [0, 0.05) is 17.3 Å². The van der Waals surface area contributed by atoms with Crippen LogP contribution in [-0.2, 0) is 0 Å². The zero-order valence-corrected chi connectivity index (χ0v) is 7.83. The van der Waals surface area contributed by atoms with E-state index in [0.29, 0.717) is 16.9 Å². The fraction of sp³-hybridized carbons (Fsp3) is 0. The van der Waals surface area contributed by atoms with Crippen LogP contribution >= 0.6 is 0 Å². The van der Waals surface area contributed by atoms with E-state index >= 15 is 0 Å². The predicted octanol–water partition coefficient (Wildman–Crippen LogP) is 1.76. The van der Waals surface area contributed by atoms with Crippen molar-refractivity contribution in [3.63, 3.8) is 0 Å². The van der Waals surface area contributed by atoms with Crippen LogP contribution in [0.4, 0.5) is 10.1 Å². The summed E-state index contributed by atoms with van der Waals surface area (Å²) in [5.41, 5.74) is 6.88. The molecule has 15 heavy (non-hydrogen) atoms. The first-order chi connectivity index (χ1) is 7.16. The normalized spacial score (nSPS) is 10.2. The van der Waals surface area contributed by atoms with Gasteiger partial charge in [-0.05, 0) is 24.3 Å². The molecule has 3 N–H and O–H groups in total. The molecule has 0 fully saturated rings. The molecule has 0 spiro atoms. The molecule has 4 heteroatoms. The number of aromatic nitrogens is 1. The fourth-order valence-electron chi connectivity index (χ4n) is 1.37. The minimum Gasteiger partial charge on any atom is -0.398 e. The Labute approximate surface area is 85.4 Å². The largest absolute Gasteiger partial charge is 0.398 e. The van der Waals surface area contributed by atoms with Crippen LogP contribution in [0.1, 0.15) is 0 Å². The molecule has 0 saturated heterocycles. The zero-order valence-electron chi connectivity index (χ0n) is 7.83. The first-order valence-electron chi connectivity index (χ1n) is 4.41. The van der Waals surface area contributed by atoms with E-state index in [2.05, 4.69) is 4.98 Å². The van der Waals surface area contributed by atoms with Crippen molar-refractivity contribution in [3.05, 3.63) is 52.6 Å². The maximum absolute atomic E-state index is 13.0. The van der Waals surface area contributed by atoms with Gasteiger partial charge in [0.05, 0.1) is 5.69 Å². The monoisotopic (exact) mass is 204 g/mol. The highest BCUT2D eigenvalue weighted by Gasteiger charge is 2.04. The number of rotatable bonds is 1. The summed E-state index contributed by atoms with van der Waals surface area (Å²) in [5, 5.41) is 0. The standard InChI is InChI=1S/C11H9FN2O/c12-7-4-5-9(13)8(6-7)10-2-1-3-11(15)14-10/h1-6H,13H2,(H,14,15). The van der Waals surface area contributed by atoms with Crippen molar-refractivity contribution in [1.29, 1.82) is 0 Å². The topological polar surface area (TPSA) is 58.9 Å². The molecule has 0 aliphatic carbocycles. The third-order valence-electron chi connectivity index (χ3n) is 2.07. The minimum absolute atomic E-state index is 0.240. The van der Waals surface area contributed by atoms with E-state index in [0.717, 1.165) is 0 Å². The molecule has 0 aliphatic rings. The summed E-state index contributed by atoms with van der Waals surface area (Å²) in [6, 6.07) is 8.69. The van der Waals surface area contributed by atoms with Crippen LogP contribution in [0, 0.1) is 5.82 Å². The summed E-state index contributed by atoms with van der Waals surface area (Å²) in [4.78, 5) is 13.7. The Morgan fingerprint density at radius 1 is 1.20 bits per heavy atom. The van der Waals surface area contributed by atoms with Gasteiger partial charge >= 0.3 is 0 Å². The molecule has 0 unspecified atom stereocenters. The Balaban J connectivity index is 2.63. The number of nitrogen functional groups attached to an aromatic ring is 1. The Bertz CT molecular complexity index is 548. The van der Waals surface area contributed by atoms with Gasteiger partial charge in [-0.15, -0.1) is 0 Å². The lowest BCUT2D eigenvalue weighted by atomic mass is 10.1. The summed E-state index contributed by atoms with van der Waals surface area (Å²) < 4.78 is 13.0. The average Bonchev–Trinajstić information content (AvgIpc) is 2.22. The van der Waals surface area contributed by atoms with E-state index in [1.165, 1.54) is 24.3 Å². The van der Waals surface area contributed by atoms with Crippen molar-refractivity contribution in [2.75, 3.05) is 5.73 Å². The quantitative estimate of drug-likeness (QED) is 0.695. The minimum atomic E-state index is -0.385. The van der Waals surface area contributed by atoms with Gasteiger partial charge in [-0.25, -0.2) is 4.39 Å². The van der Waals surface area contributed by atoms with Crippen LogP contribution in [0.15, 0.2) is 41.2 Å². The van der Waals surface area contributed by atoms with Crippen LogP contribution in [0.3, 0.4) is 0 Å². The fourth-order valence-corrected chi connectivity index (χ4v) is 1.37. The first-order valence-corrected chi connectivity index (χ1v) is 4.41. The molecule has 1 heterocycles. The van der Waals surface area contributed by atoms with Crippen LogP contribution in [-0.4, -0.2) is 4.98 Å². The van der Waals surface area contributed by atoms with E-state index in [9.17, 15) is 9.18 Å². The molecular formula is C11H9FN2O. The highest BCUT2D eigenvalue weighted by atomic mass is 19.1. The summed E-state index contributed by atoms with van der Waals surface area (Å²) in [6.45, 7) is 0. The maximum atomic E-state index is 13.0. The van der Waals surface area contributed by atoms with Crippen LogP contribution < -0.4 is 11.3 Å². The van der Waals surface area contributed by atoms with Crippen molar-refractivity contribution in [1.82, 2.24) is 4.98 Å². The van der Waals surface area contributed by atoms with E-state index in [1.54, 1.807) is 12.1 Å². The first kappa shape index (κ1) is 9.45. The summed E-state index contributed by atoms with van der Waals surface area (Å²) in [5.74, 6) is -0.385. The Kier molecular flexibility index (Phi) is 2.25. The molecule has 1 aromatic heterocycles. The van der Waals surface area contributed by atoms with Gasteiger partial charge in [-0.2, -0.15) is 0 Å². The predicted molar refractivity (Wildman–Crippen MR) is 56.9 cm³/mol. The number of anilines is 1. The lowest BCUT2D eigenvalue weighted by Gasteiger charge is -2.04. The summed E-state index contributed by atoms with van der Waals surface area (Å²) in [6.07, 6.45) is 0. The van der Waals surface area contributed by atoms with Crippen molar-refractivity contribution in [2.24, 2.45) is 0 Å². The van der Waals surface area contributed by atoms with Crippen molar-refractivity contribution in [2.45, 2.75) is 0 Å². The van der Waals surface area contributed by atoms with Crippen LogP contribution in [0.2, 0.25) is 0 Å². The molecule has 1 aromatic carbocycles. The molecule has 2 aromatic rings. The molecule has 0 saturated carbocycles. The lowest BCUT2D eigenvalue weighted by Crippen LogP contribution is -2.04. The molecule has 0 radical (unpaired) electrons. The molecule has 0 bridgehead atoms. The number of aromatic amines is 1. The van der Waals surface area contributed by atoms with Gasteiger partial charge in [0.2, 0.25) is 5.56 Å². The lowest BCUT2D eigenvalue weighted by molar-refractivity contribution is 0.628. The molecule has 0 amide bonds. The number of nitrogens with one attached hydrogen (secondary N) is 1. The van der Waals surface area contributed by atoms with Gasteiger partial charge in [0.15, 0.2) is 0 Å². The smallest absolute Gasteiger partial charge is 0.248 e. The highest BCUT2D eigenvalue weighted by molar-refractivity contribution is 5.73. The average molecular weight is 204 g/mol. The molecule has 3 nitrogen and oxygen atoms in total. The van der Waals surface area contributed by atoms with E-state index < -0.39 is 0 Å². The summed E-state index contributed by atoms with van der Waals surface area (Å²) in [7, 11) is 0. The third kappa shape index (κ3) is 1.88. The molecule has 0 atom stereocenters. The zero-order chi connectivity index (χ0) is 10.8. The van der Waals surface area contributed by atoms with Crippen molar-refractivity contribution in [3.8, 4) is 11.3 Å². The highest BCUT2D eigenvalue weighted by Crippen LogP contribution is 2.23. The maximum Gasteiger partial charge on any atom is 0.248 e. The number of nitrogens with two attached hydrogens (primary N) is 1. The number of H-pyrrole nitrogens is 1. The number of halogens is 1. The Morgan fingerprint density at radius 2 is 2.00 bits per heavy atom. The van der Waals surface area contributed by atoms with E-state index in [-0.39, 0.29) is 11.4 Å². The Hall–Kier alpha value is -2.10. The number of hydrogen-bond donors (Lipinski definition) is 2. The molecule has 2 rings (SSSR count). The van der Waals surface area contributed by atoms with E-state index in [4.69, 9.17) is 5.73 Å². The Morgan fingerprint density at radius 3 is 2.73 bits per heavy atom. The molecule has 76 valence electrons. The van der Waals surface area contributed by atoms with Gasteiger partial charge in [0.1, 0.15) is 5.82 Å². The third-order valence-corrected chi connectivity index (χ3v) is 2.07. The number of benzene rings is 1. The van der Waals surface area contributed by atoms with Gasteiger partial charge in [0.25, 0.3) is 0 Å². The second-order valence-electron chi connectivity index (χ2n) is 3.16. The number of hydrogen-bond acceptors (Lipinski definition) is 2. The molecule has 0 aliphatic heterocycles. The van der Waals surface area contributed by atoms with Crippen molar-refractivity contribution < 1.29 is 4.39 Å². The van der Waals surface area contributed by atoms with Crippen molar-refractivity contribution >= 4 is 5.69 Å². The number of pyridine rings is 1. The summed E-state index contributed by atoms with van der Waals surface area (Å²) >= 11 is 0. The SMILES string of the molecule is Nc1ccc(F)cc1-c1cccc(=O)[nH]1. The van der Waals surface area contributed by atoms with Gasteiger partial charge < -0.3 is 10.7 Å². The van der Waals surface area contributed by atoms with Gasteiger partial charge in [-0.1, -0.05) is 6.07 Å². The van der Waals surface area contributed by atoms with Gasteiger partial charge in [-0.3, -0.25) is 4.79 Å². The second-order valence-corrected chi connectivity index (χ2v) is 3.16. The van der Waals surface area contributed by atoms with Crippen LogP contribution in [0.5, 0.6) is 0 Å². The van der Waals surface area contributed by atoms with E-state index in [1.807, 2.05) is 0 Å².